The van der Waals surface area contributed by atoms with Gasteiger partial charge in [-0.15, -0.1) is 21.8 Å². The van der Waals surface area contributed by atoms with Crippen molar-refractivity contribution in [3.8, 4) is 0 Å². The third kappa shape index (κ3) is 1.99. The minimum Gasteiger partial charge on any atom is -0.376 e. The van der Waals surface area contributed by atoms with Gasteiger partial charge in [-0.3, -0.25) is 0 Å². The number of hydrogen-bond donors (Lipinski definition) is 0. The minimum absolute atomic E-state index is 0.229. The van der Waals surface area contributed by atoms with Crippen LogP contribution in [0.2, 0.25) is 5.15 Å². The van der Waals surface area contributed by atoms with Gasteiger partial charge in [0.2, 0.25) is 0 Å². The summed E-state index contributed by atoms with van der Waals surface area (Å²) in [6, 6.07) is 1.69. The maximum absolute atomic E-state index is 5.88. The molecule has 1 atom stereocenters. The van der Waals surface area contributed by atoms with E-state index in [2.05, 4.69) is 15.2 Å². The molecule has 3 heterocycles. The fourth-order valence-corrected chi connectivity index (χ4v) is 2.22. The molecule has 5 nitrogen and oxygen atoms in total. The predicted octanol–water partition coefficient (Wildman–Crippen LogP) is 2.01. The van der Waals surface area contributed by atoms with E-state index in [1.165, 1.54) is 0 Å². The Kier molecular flexibility index (Phi) is 2.90. The third-order valence-corrected chi connectivity index (χ3v) is 3.26. The zero-order chi connectivity index (χ0) is 11.8. The first-order chi connectivity index (χ1) is 8.28. The van der Waals surface area contributed by atoms with Crippen molar-refractivity contribution >= 4 is 34.4 Å². The van der Waals surface area contributed by atoms with Crippen LogP contribution >= 0.6 is 23.2 Å². The molecule has 0 bridgehead atoms. The number of alkyl halides is 1. The molecule has 90 valence electrons. The Morgan fingerprint density at radius 3 is 2.94 bits per heavy atom. The number of rotatable bonds is 3. The van der Waals surface area contributed by atoms with Crippen molar-refractivity contribution in [3.05, 3.63) is 17.0 Å². The fourth-order valence-electron chi connectivity index (χ4n) is 1.87. The molecule has 1 fully saturated rings. The smallest absolute Gasteiger partial charge is 0.182 e. The highest BCUT2D eigenvalue weighted by Crippen LogP contribution is 2.21. The van der Waals surface area contributed by atoms with Gasteiger partial charge >= 0.3 is 0 Å². The van der Waals surface area contributed by atoms with Crippen LogP contribution in [0.4, 0.5) is 0 Å². The molecule has 0 amide bonds. The molecule has 2 aromatic rings. The molecule has 0 spiro atoms. The molecule has 0 aromatic carbocycles. The lowest BCUT2D eigenvalue weighted by molar-refractivity contribution is -0.0590. The first-order valence-electron chi connectivity index (χ1n) is 5.34. The molecule has 17 heavy (non-hydrogen) atoms. The zero-order valence-electron chi connectivity index (χ0n) is 8.94. The Hall–Kier alpha value is -0.910. The van der Waals surface area contributed by atoms with E-state index in [1.807, 2.05) is 4.57 Å². The van der Waals surface area contributed by atoms with Crippen molar-refractivity contribution in [2.24, 2.45) is 0 Å². The number of hydrogen-bond acceptors (Lipinski definition) is 4. The third-order valence-electron chi connectivity index (χ3n) is 2.84. The van der Waals surface area contributed by atoms with Gasteiger partial charge in [0, 0.05) is 12.7 Å². The number of halogens is 2. The quantitative estimate of drug-likeness (QED) is 0.803. The van der Waals surface area contributed by atoms with E-state index in [-0.39, 0.29) is 6.10 Å². The van der Waals surface area contributed by atoms with Crippen LogP contribution in [-0.2, 0) is 17.2 Å². The molecular formula is C10H10Cl2N4O. The van der Waals surface area contributed by atoms with Crippen LogP contribution in [0, 0.1) is 0 Å². The lowest BCUT2D eigenvalue weighted by atomic mass is 10.2. The average molecular weight is 273 g/mol. The second kappa shape index (κ2) is 4.40. The highest BCUT2D eigenvalue weighted by atomic mass is 35.5. The number of imidazole rings is 1. The maximum Gasteiger partial charge on any atom is 0.182 e. The van der Waals surface area contributed by atoms with Gasteiger partial charge in [-0.25, -0.2) is 4.98 Å². The number of fused-ring (bicyclic) bond motifs is 1. The van der Waals surface area contributed by atoms with Crippen molar-refractivity contribution in [3.63, 3.8) is 0 Å². The molecule has 0 saturated carbocycles. The van der Waals surface area contributed by atoms with Gasteiger partial charge in [0.05, 0.1) is 18.5 Å². The van der Waals surface area contributed by atoms with E-state index in [0.29, 0.717) is 16.7 Å². The molecule has 0 radical (unpaired) electrons. The average Bonchev–Trinajstić information content (AvgIpc) is 2.60. The SMILES string of the molecule is ClCc1nc2cc(Cl)nnc2n1CC1CCO1. The molecule has 3 rings (SSSR count). The summed E-state index contributed by atoms with van der Waals surface area (Å²) in [5.41, 5.74) is 1.43. The largest absolute Gasteiger partial charge is 0.376 e. The summed E-state index contributed by atoms with van der Waals surface area (Å²) in [7, 11) is 0. The van der Waals surface area contributed by atoms with E-state index in [0.717, 1.165) is 30.9 Å². The van der Waals surface area contributed by atoms with Crippen LogP contribution in [0.25, 0.3) is 11.2 Å². The molecular weight excluding hydrogens is 263 g/mol. The Labute approximate surface area is 108 Å². The van der Waals surface area contributed by atoms with Gasteiger partial charge in [0.15, 0.2) is 10.8 Å². The van der Waals surface area contributed by atoms with Crippen LogP contribution in [0.3, 0.4) is 0 Å². The van der Waals surface area contributed by atoms with Crippen LogP contribution in [0.1, 0.15) is 12.2 Å². The summed E-state index contributed by atoms with van der Waals surface area (Å²) < 4.78 is 7.36. The van der Waals surface area contributed by atoms with Crippen LogP contribution in [-0.4, -0.2) is 32.5 Å². The van der Waals surface area contributed by atoms with Crippen LogP contribution < -0.4 is 0 Å². The molecule has 2 aromatic heterocycles. The first kappa shape index (κ1) is 11.2. The van der Waals surface area contributed by atoms with E-state index < -0.39 is 0 Å². The molecule has 1 saturated heterocycles. The zero-order valence-corrected chi connectivity index (χ0v) is 10.4. The Balaban J connectivity index is 2.05. The predicted molar refractivity (Wildman–Crippen MR) is 64.2 cm³/mol. The molecule has 0 N–H and O–H groups in total. The van der Waals surface area contributed by atoms with E-state index in [4.69, 9.17) is 27.9 Å². The maximum atomic E-state index is 5.88. The molecule has 1 aliphatic heterocycles. The standard InChI is InChI=1S/C10H10Cl2N4O/c11-4-9-13-7-3-8(12)14-15-10(7)16(9)5-6-1-2-17-6/h3,6H,1-2,4-5H2. The highest BCUT2D eigenvalue weighted by Gasteiger charge is 2.22. The number of ether oxygens (including phenoxy) is 1. The van der Waals surface area contributed by atoms with E-state index in [9.17, 15) is 0 Å². The Morgan fingerprint density at radius 1 is 1.47 bits per heavy atom. The second-order valence-electron chi connectivity index (χ2n) is 3.93. The van der Waals surface area contributed by atoms with Crippen LogP contribution in [0.5, 0.6) is 0 Å². The molecule has 7 heteroatoms. The molecule has 1 unspecified atom stereocenters. The number of aromatic nitrogens is 4. The van der Waals surface area contributed by atoms with E-state index >= 15 is 0 Å². The Morgan fingerprint density at radius 2 is 2.29 bits per heavy atom. The Bertz CT molecular complexity index is 552. The van der Waals surface area contributed by atoms with Gasteiger partial charge in [0.25, 0.3) is 0 Å². The van der Waals surface area contributed by atoms with Crippen molar-refractivity contribution < 1.29 is 4.74 Å². The van der Waals surface area contributed by atoms with E-state index in [1.54, 1.807) is 6.07 Å². The minimum atomic E-state index is 0.229. The molecule has 0 aliphatic carbocycles. The topological polar surface area (TPSA) is 52.8 Å². The second-order valence-corrected chi connectivity index (χ2v) is 4.58. The summed E-state index contributed by atoms with van der Waals surface area (Å²) in [4.78, 5) is 4.39. The lowest BCUT2D eigenvalue weighted by Crippen LogP contribution is -2.31. The van der Waals surface area contributed by atoms with Crippen molar-refractivity contribution in [2.45, 2.75) is 24.9 Å². The van der Waals surface area contributed by atoms with Gasteiger partial charge in [0.1, 0.15) is 11.3 Å². The van der Waals surface area contributed by atoms with Crippen molar-refractivity contribution in [1.29, 1.82) is 0 Å². The number of nitrogens with zero attached hydrogens (tertiary/aromatic N) is 4. The van der Waals surface area contributed by atoms with Gasteiger partial charge in [-0.05, 0) is 6.42 Å². The first-order valence-corrected chi connectivity index (χ1v) is 6.25. The van der Waals surface area contributed by atoms with Crippen LogP contribution in [0.15, 0.2) is 6.07 Å². The summed E-state index contributed by atoms with van der Waals surface area (Å²) in [6.07, 6.45) is 1.29. The van der Waals surface area contributed by atoms with Gasteiger partial charge in [-0.1, -0.05) is 11.6 Å². The summed E-state index contributed by atoms with van der Waals surface area (Å²) in [6.45, 7) is 1.54. The molecule has 1 aliphatic rings. The summed E-state index contributed by atoms with van der Waals surface area (Å²) in [5, 5.41) is 8.24. The summed E-state index contributed by atoms with van der Waals surface area (Å²) in [5.74, 6) is 1.11. The van der Waals surface area contributed by atoms with Crippen molar-refractivity contribution in [2.75, 3.05) is 6.61 Å². The van der Waals surface area contributed by atoms with Gasteiger partial charge < -0.3 is 9.30 Å². The lowest BCUT2D eigenvalue weighted by Gasteiger charge is -2.27. The monoisotopic (exact) mass is 272 g/mol. The van der Waals surface area contributed by atoms with Gasteiger partial charge in [-0.2, -0.15) is 0 Å². The fraction of sp³-hybridized carbons (Fsp3) is 0.500. The summed E-state index contributed by atoms with van der Waals surface area (Å²) >= 11 is 11.7. The highest BCUT2D eigenvalue weighted by molar-refractivity contribution is 6.29. The normalized spacial score (nSPS) is 19.5. The van der Waals surface area contributed by atoms with Crippen molar-refractivity contribution in [1.82, 2.24) is 19.7 Å².